The molecular formula is C24H27ClF2N4O3. The zero-order valence-corrected chi connectivity index (χ0v) is 19.5. The second-order valence-electron chi connectivity index (χ2n) is 7.94. The van der Waals surface area contributed by atoms with Crippen LogP contribution >= 0.6 is 11.6 Å². The summed E-state index contributed by atoms with van der Waals surface area (Å²) in [6.07, 6.45) is 2.49. The zero-order valence-electron chi connectivity index (χ0n) is 18.7. The number of benzene rings is 2. The van der Waals surface area contributed by atoms with E-state index in [9.17, 15) is 18.4 Å². The van der Waals surface area contributed by atoms with Crippen LogP contribution in [0, 0.1) is 11.6 Å². The quantitative estimate of drug-likeness (QED) is 0.406. The van der Waals surface area contributed by atoms with E-state index in [2.05, 4.69) is 20.9 Å². The maximum absolute atomic E-state index is 13.6. The van der Waals surface area contributed by atoms with Crippen molar-refractivity contribution in [1.82, 2.24) is 16.0 Å². The molecule has 10 heteroatoms. The third-order valence-corrected chi connectivity index (χ3v) is 5.63. The maximum atomic E-state index is 13.6. The summed E-state index contributed by atoms with van der Waals surface area (Å²) in [5, 5.41) is 9.76. The monoisotopic (exact) mass is 492 g/mol. The highest BCUT2D eigenvalue weighted by atomic mass is 35.5. The van der Waals surface area contributed by atoms with E-state index in [1.807, 2.05) is 12.1 Å². The van der Waals surface area contributed by atoms with Gasteiger partial charge in [0.1, 0.15) is 0 Å². The summed E-state index contributed by atoms with van der Waals surface area (Å²) < 4.78 is 31.7. The Hall–Kier alpha value is -3.20. The third kappa shape index (κ3) is 7.69. The Bertz CT molecular complexity index is 1040. The first kappa shape index (κ1) is 25.4. The van der Waals surface area contributed by atoms with Gasteiger partial charge >= 0.3 is 6.09 Å². The molecule has 1 aliphatic rings. The van der Waals surface area contributed by atoms with Crippen LogP contribution in [0.25, 0.3) is 0 Å². The van der Waals surface area contributed by atoms with Crippen LogP contribution in [0.5, 0.6) is 0 Å². The maximum Gasteiger partial charge on any atom is 0.407 e. The smallest absolute Gasteiger partial charge is 0.407 e. The number of alkyl carbamates (subject to hydrolysis) is 1. The number of guanidine groups is 1. The lowest BCUT2D eigenvalue weighted by atomic mass is 9.91. The second-order valence-corrected chi connectivity index (χ2v) is 8.37. The lowest BCUT2D eigenvalue weighted by molar-refractivity contribution is 0.100. The van der Waals surface area contributed by atoms with Crippen molar-refractivity contribution >= 4 is 29.6 Å². The summed E-state index contributed by atoms with van der Waals surface area (Å²) in [6, 6.07) is 10.1. The van der Waals surface area contributed by atoms with Gasteiger partial charge in [-0.3, -0.25) is 4.79 Å². The molecule has 0 radical (unpaired) electrons. The van der Waals surface area contributed by atoms with Crippen molar-refractivity contribution in [2.75, 3.05) is 6.61 Å². The second kappa shape index (κ2) is 12.3. The van der Waals surface area contributed by atoms with Gasteiger partial charge in [-0.15, -0.1) is 0 Å². The minimum absolute atomic E-state index is 0.00334. The summed E-state index contributed by atoms with van der Waals surface area (Å²) in [5.41, 5.74) is 0.815. The van der Waals surface area contributed by atoms with Crippen LogP contribution in [0.4, 0.5) is 13.6 Å². The Kier molecular flexibility index (Phi) is 9.21. The van der Waals surface area contributed by atoms with Gasteiger partial charge in [0.25, 0.3) is 5.91 Å². The van der Waals surface area contributed by atoms with Crippen molar-refractivity contribution in [3.63, 3.8) is 0 Å². The predicted molar refractivity (Wildman–Crippen MR) is 126 cm³/mol. The average molecular weight is 493 g/mol. The van der Waals surface area contributed by atoms with Crippen molar-refractivity contribution in [1.29, 1.82) is 0 Å². The van der Waals surface area contributed by atoms with Crippen LogP contribution in [-0.4, -0.2) is 36.7 Å². The highest BCUT2D eigenvalue weighted by Crippen LogP contribution is 2.19. The van der Waals surface area contributed by atoms with Crippen LogP contribution in [-0.2, 0) is 11.3 Å². The summed E-state index contributed by atoms with van der Waals surface area (Å²) in [6.45, 7) is 2.41. The minimum Gasteiger partial charge on any atom is -0.450 e. The van der Waals surface area contributed by atoms with Crippen molar-refractivity contribution in [2.45, 2.75) is 51.2 Å². The predicted octanol–water partition coefficient (Wildman–Crippen LogP) is 4.55. The SMILES string of the molecule is CCOC(=O)N[C@H]1CC[C@H](N/C(=N\C(=O)c2ccc(F)c(F)c2)NCc2cccc(Cl)c2)CC1. The lowest BCUT2D eigenvalue weighted by Crippen LogP contribution is -2.47. The number of carbonyl (C=O) groups excluding carboxylic acids is 2. The number of carbonyl (C=O) groups is 2. The highest BCUT2D eigenvalue weighted by Gasteiger charge is 2.24. The Morgan fingerprint density at radius 1 is 1.03 bits per heavy atom. The Morgan fingerprint density at radius 2 is 1.74 bits per heavy atom. The lowest BCUT2D eigenvalue weighted by Gasteiger charge is -2.30. The van der Waals surface area contributed by atoms with Crippen LogP contribution in [0.3, 0.4) is 0 Å². The molecule has 1 aliphatic carbocycles. The van der Waals surface area contributed by atoms with E-state index in [0.29, 0.717) is 18.2 Å². The molecule has 3 N–H and O–H groups in total. The zero-order chi connectivity index (χ0) is 24.5. The van der Waals surface area contributed by atoms with Gasteiger partial charge in [0.05, 0.1) is 6.61 Å². The molecule has 0 heterocycles. The number of rotatable bonds is 6. The van der Waals surface area contributed by atoms with Crippen LogP contribution in [0.15, 0.2) is 47.5 Å². The minimum atomic E-state index is -1.12. The molecule has 2 aromatic rings. The highest BCUT2D eigenvalue weighted by molar-refractivity contribution is 6.30. The summed E-state index contributed by atoms with van der Waals surface area (Å²) >= 11 is 6.04. The number of halogens is 3. The van der Waals surface area contributed by atoms with E-state index in [1.165, 1.54) is 6.07 Å². The molecule has 182 valence electrons. The first-order chi connectivity index (χ1) is 16.3. The van der Waals surface area contributed by atoms with Gasteiger partial charge in [0, 0.05) is 29.2 Å². The first-order valence-corrected chi connectivity index (χ1v) is 11.5. The molecule has 0 saturated heterocycles. The number of nitrogens with zero attached hydrogens (tertiary/aromatic N) is 1. The molecule has 0 atom stereocenters. The Morgan fingerprint density at radius 3 is 2.38 bits per heavy atom. The van der Waals surface area contributed by atoms with Gasteiger partial charge in [-0.25, -0.2) is 13.6 Å². The fourth-order valence-electron chi connectivity index (χ4n) is 3.67. The number of hydrogen-bond donors (Lipinski definition) is 3. The molecule has 3 rings (SSSR count). The molecule has 2 aromatic carbocycles. The number of amides is 2. The van der Waals surface area contributed by atoms with Gasteiger partial charge in [-0.1, -0.05) is 23.7 Å². The number of ether oxygens (including phenoxy) is 1. The molecule has 0 aliphatic heterocycles. The van der Waals surface area contributed by atoms with Gasteiger partial charge in [-0.2, -0.15) is 4.99 Å². The van der Waals surface area contributed by atoms with Crippen molar-refractivity contribution in [3.05, 3.63) is 70.2 Å². The molecule has 2 amide bonds. The summed E-state index contributed by atoms with van der Waals surface area (Å²) in [5.74, 6) is -2.64. The fraction of sp³-hybridized carbons (Fsp3) is 0.375. The molecule has 1 fully saturated rings. The van der Waals surface area contributed by atoms with Gasteiger partial charge in [-0.05, 0) is 68.5 Å². The number of hydrogen-bond acceptors (Lipinski definition) is 3. The van der Waals surface area contributed by atoms with E-state index in [1.54, 1.807) is 19.1 Å². The largest absolute Gasteiger partial charge is 0.450 e. The molecule has 7 nitrogen and oxygen atoms in total. The van der Waals surface area contributed by atoms with E-state index in [-0.39, 0.29) is 23.6 Å². The molecule has 1 saturated carbocycles. The van der Waals surface area contributed by atoms with E-state index >= 15 is 0 Å². The summed E-state index contributed by atoms with van der Waals surface area (Å²) in [4.78, 5) is 28.3. The first-order valence-electron chi connectivity index (χ1n) is 11.1. The summed E-state index contributed by atoms with van der Waals surface area (Å²) in [7, 11) is 0. The van der Waals surface area contributed by atoms with Crippen LogP contribution in [0.1, 0.15) is 48.5 Å². The van der Waals surface area contributed by atoms with E-state index in [4.69, 9.17) is 16.3 Å². The van der Waals surface area contributed by atoms with Crippen molar-refractivity contribution in [3.8, 4) is 0 Å². The van der Waals surface area contributed by atoms with E-state index < -0.39 is 23.6 Å². The molecule has 0 spiro atoms. The van der Waals surface area contributed by atoms with Gasteiger partial charge in [0.2, 0.25) is 0 Å². The molecule has 0 aromatic heterocycles. The van der Waals surface area contributed by atoms with Crippen LogP contribution in [0.2, 0.25) is 5.02 Å². The van der Waals surface area contributed by atoms with Crippen LogP contribution < -0.4 is 16.0 Å². The Balaban J connectivity index is 1.67. The van der Waals surface area contributed by atoms with Crippen molar-refractivity contribution in [2.24, 2.45) is 4.99 Å². The molecule has 34 heavy (non-hydrogen) atoms. The topological polar surface area (TPSA) is 91.8 Å². The third-order valence-electron chi connectivity index (χ3n) is 5.39. The van der Waals surface area contributed by atoms with Gasteiger partial charge < -0.3 is 20.7 Å². The molecular weight excluding hydrogens is 466 g/mol. The van der Waals surface area contributed by atoms with Gasteiger partial charge in [0.15, 0.2) is 17.6 Å². The normalized spacial score (nSPS) is 18.2. The number of aliphatic imine (C=N–C) groups is 1. The average Bonchev–Trinajstić information content (AvgIpc) is 2.80. The fourth-order valence-corrected chi connectivity index (χ4v) is 3.88. The number of nitrogens with one attached hydrogen (secondary N) is 3. The standard InChI is InChI=1S/C24H27ClF2N4O3/c1-2-34-24(33)30-19-9-7-18(8-10-19)29-23(28-14-15-4-3-5-17(25)12-15)31-22(32)16-6-11-20(26)21(27)13-16/h3-6,11-13,18-19H,2,7-10,14H2,1H3,(H,30,33)(H2,28,29,31,32)/t18-,19-. The molecule has 0 unspecified atom stereocenters. The Labute approximate surface area is 201 Å². The molecule has 0 bridgehead atoms. The van der Waals surface area contributed by atoms with Crippen molar-refractivity contribution < 1.29 is 23.1 Å². The van der Waals surface area contributed by atoms with E-state index in [0.717, 1.165) is 43.4 Å².